The van der Waals surface area contributed by atoms with Gasteiger partial charge in [-0.05, 0) is 44.5 Å². The lowest BCUT2D eigenvalue weighted by Crippen LogP contribution is -2.51. The Labute approximate surface area is 167 Å². The molecule has 0 saturated carbocycles. The van der Waals surface area contributed by atoms with Crippen LogP contribution < -0.4 is 10.7 Å². The van der Waals surface area contributed by atoms with E-state index >= 15 is 0 Å². The number of hydrogen-bond acceptors (Lipinski definition) is 6. The smallest absolute Gasteiger partial charge is 0.344 e. The maximum Gasteiger partial charge on any atom is 0.344 e. The Kier molecular flexibility index (Phi) is 5.85. The average Bonchev–Trinajstić information content (AvgIpc) is 3.34. The molecule has 2 aromatic rings. The molecule has 9 heteroatoms. The second-order valence-electron chi connectivity index (χ2n) is 7.03. The van der Waals surface area contributed by atoms with E-state index in [1.807, 2.05) is 30.0 Å². The molecule has 8 nitrogen and oxygen atoms in total. The number of nitrogens with zero attached hydrogens (tertiary/aromatic N) is 2. The largest absolute Gasteiger partial charge is 0.468 e. The summed E-state index contributed by atoms with van der Waals surface area (Å²) in [4.78, 5) is 41.3. The number of rotatable bonds is 8. The van der Waals surface area contributed by atoms with Crippen molar-refractivity contribution in [1.82, 2.24) is 20.7 Å². The summed E-state index contributed by atoms with van der Waals surface area (Å²) in [5.41, 5.74) is 1.44. The van der Waals surface area contributed by atoms with Crippen molar-refractivity contribution in [2.24, 2.45) is 0 Å². The molecule has 0 radical (unpaired) electrons. The van der Waals surface area contributed by atoms with E-state index in [4.69, 9.17) is 4.42 Å². The zero-order chi connectivity index (χ0) is 20.3. The molecule has 1 atom stereocenters. The van der Waals surface area contributed by atoms with Crippen molar-refractivity contribution in [1.29, 1.82) is 0 Å². The van der Waals surface area contributed by atoms with Crippen LogP contribution in [0.2, 0.25) is 0 Å². The summed E-state index contributed by atoms with van der Waals surface area (Å²) >= 11 is 1.66. The third-order valence-corrected chi connectivity index (χ3v) is 5.69. The van der Waals surface area contributed by atoms with E-state index in [1.165, 1.54) is 4.88 Å². The van der Waals surface area contributed by atoms with Crippen molar-refractivity contribution >= 4 is 29.2 Å². The molecule has 28 heavy (non-hydrogen) atoms. The summed E-state index contributed by atoms with van der Waals surface area (Å²) in [5.74, 6) is -0.168. The van der Waals surface area contributed by atoms with Crippen LogP contribution >= 0.6 is 11.3 Å². The van der Waals surface area contributed by atoms with Gasteiger partial charge in [-0.25, -0.2) is 4.79 Å². The van der Waals surface area contributed by atoms with E-state index in [-0.39, 0.29) is 6.54 Å². The quantitative estimate of drug-likeness (QED) is 0.659. The summed E-state index contributed by atoms with van der Waals surface area (Å²) in [6.07, 6.45) is 2.02. The second kappa shape index (κ2) is 8.15. The lowest BCUT2D eigenvalue weighted by molar-refractivity contribution is -0.139. The maximum atomic E-state index is 12.6. The number of aryl methyl sites for hydroxylation is 1. The van der Waals surface area contributed by atoms with Crippen molar-refractivity contribution < 1.29 is 18.8 Å². The van der Waals surface area contributed by atoms with Gasteiger partial charge in [-0.3, -0.25) is 19.9 Å². The fraction of sp³-hybridized carbons (Fsp3) is 0.421. The first-order valence-electron chi connectivity index (χ1n) is 9.07. The number of furan rings is 1. The molecule has 1 unspecified atom stereocenters. The molecule has 150 valence electrons. The van der Waals surface area contributed by atoms with Crippen LogP contribution in [0, 0.1) is 6.92 Å². The highest BCUT2D eigenvalue weighted by Crippen LogP contribution is 2.20. The van der Waals surface area contributed by atoms with Crippen LogP contribution in [0.1, 0.15) is 35.8 Å². The molecule has 2 N–H and O–H groups in total. The van der Waals surface area contributed by atoms with Gasteiger partial charge >= 0.3 is 6.03 Å². The number of hydrazine groups is 1. The Balaban J connectivity index is 1.66. The molecular formula is C19H24N4O4S. The first-order chi connectivity index (χ1) is 13.3. The van der Waals surface area contributed by atoms with Gasteiger partial charge in [-0.15, -0.1) is 11.3 Å². The van der Waals surface area contributed by atoms with Gasteiger partial charge in [-0.2, -0.15) is 5.01 Å². The Hall–Kier alpha value is -2.65. The van der Waals surface area contributed by atoms with E-state index in [1.54, 1.807) is 37.5 Å². The molecule has 0 bridgehead atoms. The predicted molar refractivity (Wildman–Crippen MR) is 104 cm³/mol. The Morgan fingerprint density at radius 3 is 2.68 bits per heavy atom. The van der Waals surface area contributed by atoms with Gasteiger partial charge in [-0.1, -0.05) is 6.92 Å². The molecule has 0 aromatic carbocycles. The molecule has 0 spiro atoms. The molecular weight excluding hydrogens is 380 g/mol. The van der Waals surface area contributed by atoms with Crippen LogP contribution in [0.25, 0.3) is 0 Å². The standard InChI is InChI=1S/C19H24N4O4S/c1-4-19(3)17(25)23(18(26)20-19)21-16(24)12-22(10-14-6-5-9-27-14)11-15-8-7-13(2)28-15/h5-9H,4,10-12H2,1-3H3,(H,20,26)(H,21,24). The van der Waals surface area contributed by atoms with Gasteiger partial charge in [0.15, 0.2) is 0 Å². The minimum Gasteiger partial charge on any atom is -0.468 e. The van der Waals surface area contributed by atoms with Crippen LogP contribution in [0.5, 0.6) is 0 Å². The van der Waals surface area contributed by atoms with E-state index in [2.05, 4.69) is 10.7 Å². The molecule has 1 aliphatic rings. The van der Waals surface area contributed by atoms with Gasteiger partial charge in [0.05, 0.1) is 19.4 Å². The summed E-state index contributed by atoms with van der Waals surface area (Å²) < 4.78 is 5.40. The van der Waals surface area contributed by atoms with Crippen LogP contribution in [0.3, 0.4) is 0 Å². The van der Waals surface area contributed by atoms with E-state index < -0.39 is 23.4 Å². The van der Waals surface area contributed by atoms with Crippen LogP contribution in [-0.2, 0) is 22.7 Å². The normalized spacial score (nSPS) is 19.4. The zero-order valence-corrected chi connectivity index (χ0v) is 17.0. The molecule has 4 amide bonds. The lowest BCUT2D eigenvalue weighted by Gasteiger charge is -2.22. The maximum absolute atomic E-state index is 12.6. The van der Waals surface area contributed by atoms with E-state index in [0.717, 1.165) is 15.6 Å². The van der Waals surface area contributed by atoms with Gasteiger partial charge in [0.1, 0.15) is 11.3 Å². The van der Waals surface area contributed by atoms with Crippen molar-refractivity contribution in [2.45, 2.75) is 45.8 Å². The summed E-state index contributed by atoms with van der Waals surface area (Å²) in [6.45, 7) is 6.47. The highest BCUT2D eigenvalue weighted by atomic mass is 32.1. The van der Waals surface area contributed by atoms with Crippen molar-refractivity contribution in [3.8, 4) is 0 Å². The molecule has 0 aliphatic carbocycles. The third-order valence-electron chi connectivity index (χ3n) is 4.71. The van der Waals surface area contributed by atoms with Crippen LogP contribution in [-0.4, -0.2) is 39.8 Å². The number of hydrogen-bond donors (Lipinski definition) is 2. The fourth-order valence-corrected chi connectivity index (χ4v) is 3.90. The minimum absolute atomic E-state index is 0.0115. The number of urea groups is 1. The monoisotopic (exact) mass is 404 g/mol. The van der Waals surface area contributed by atoms with Crippen molar-refractivity contribution in [3.63, 3.8) is 0 Å². The molecule has 3 rings (SSSR count). The average molecular weight is 404 g/mol. The van der Waals surface area contributed by atoms with Crippen molar-refractivity contribution in [2.75, 3.05) is 6.54 Å². The fourth-order valence-electron chi connectivity index (χ4n) is 2.97. The summed E-state index contributed by atoms with van der Waals surface area (Å²) in [6, 6.07) is 7.08. The lowest BCUT2D eigenvalue weighted by atomic mass is 10.00. The number of thiophene rings is 1. The highest BCUT2D eigenvalue weighted by molar-refractivity contribution is 7.11. The third kappa shape index (κ3) is 4.42. The molecule has 2 aromatic heterocycles. The molecule has 1 fully saturated rings. The minimum atomic E-state index is -0.993. The molecule has 3 heterocycles. The number of imide groups is 1. The SMILES string of the molecule is CCC1(C)NC(=O)N(NC(=O)CN(Cc2ccco2)Cc2ccc(C)s2)C1=O. The first-order valence-corrected chi connectivity index (χ1v) is 9.88. The first kappa shape index (κ1) is 20.1. The Morgan fingerprint density at radius 1 is 1.32 bits per heavy atom. The van der Waals surface area contributed by atoms with E-state index in [0.29, 0.717) is 19.5 Å². The number of carbonyl (C=O) groups is 3. The number of nitrogens with one attached hydrogen (secondary N) is 2. The van der Waals surface area contributed by atoms with Gasteiger partial charge in [0, 0.05) is 16.3 Å². The second-order valence-corrected chi connectivity index (χ2v) is 8.40. The van der Waals surface area contributed by atoms with Gasteiger partial charge < -0.3 is 9.73 Å². The summed E-state index contributed by atoms with van der Waals surface area (Å²) in [7, 11) is 0. The van der Waals surface area contributed by atoms with Crippen molar-refractivity contribution in [3.05, 3.63) is 46.0 Å². The number of carbonyl (C=O) groups excluding carboxylic acids is 3. The van der Waals surface area contributed by atoms with Crippen LogP contribution in [0.4, 0.5) is 4.79 Å². The topological polar surface area (TPSA) is 94.9 Å². The number of amides is 4. The zero-order valence-electron chi connectivity index (χ0n) is 16.2. The summed E-state index contributed by atoms with van der Waals surface area (Å²) in [5, 5.41) is 3.38. The van der Waals surface area contributed by atoms with E-state index in [9.17, 15) is 14.4 Å². The Morgan fingerprint density at radius 2 is 2.11 bits per heavy atom. The van der Waals surface area contributed by atoms with Crippen LogP contribution in [0.15, 0.2) is 34.9 Å². The highest BCUT2D eigenvalue weighted by Gasteiger charge is 2.47. The molecule has 1 aliphatic heterocycles. The van der Waals surface area contributed by atoms with Gasteiger partial charge in [0.25, 0.3) is 11.8 Å². The molecule has 1 saturated heterocycles. The Bertz CT molecular complexity index is 863. The van der Waals surface area contributed by atoms with Gasteiger partial charge in [0.2, 0.25) is 0 Å². The predicted octanol–water partition coefficient (Wildman–Crippen LogP) is 2.40.